The third-order valence-corrected chi connectivity index (χ3v) is 4.28. The van der Waals surface area contributed by atoms with E-state index in [1.54, 1.807) is 18.2 Å². The summed E-state index contributed by atoms with van der Waals surface area (Å²) in [6.45, 7) is 2.07. The second-order valence-corrected chi connectivity index (χ2v) is 6.12. The van der Waals surface area contributed by atoms with Crippen molar-refractivity contribution in [3.63, 3.8) is 0 Å². The zero-order valence-corrected chi connectivity index (χ0v) is 14.1. The van der Waals surface area contributed by atoms with Crippen molar-refractivity contribution in [3.05, 3.63) is 59.2 Å². The van der Waals surface area contributed by atoms with Crippen molar-refractivity contribution in [2.24, 2.45) is 0 Å². The van der Waals surface area contributed by atoms with Crippen LogP contribution in [0.2, 0.25) is 0 Å². The molecule has 5 nitrogen and oxygen atoms in total. The summed E-state index contributed by atoms with van der Waals surface area (Å²) in [6.07, 6.45) is 1.51. The average Bonchev–Trinajstić information content (AvgIpc) is 2.99. The molecular weight excluding hydrogens is 316 g/mol. The van der Waals surface area contributed by atoms with Crippen LogP contribution in [0.3, 0.4) is 0 Å². The topological polar surface area (TPSA) is 75.3 Å². The minimum atomic E-state index is -0.185. The van der Waals surface area contributed by atoms with Crippen molar-refractivity contribution in [2.75, 3.05) is 10.6 Å². The summed E-state index contributed by atoms with van der Waals surface area (Å²) in [5, 5.41) is 5.54. The first-order valence-electron chi connectivity index (χ1n) is 8.40. The normalized spacial score (nSPS) is 12.4. The molecule has 0 unspecified atom stereocenters. The molecule has 128 valence electrons. The smallest absolute Gasteiger partial charge is 0.228 e. The average molecular weight is 336 g/mol. The molecule has 0 saturated heterocycles. The van der Waals surface area contributed by atoms with Crippen molar-refractivity contribution in [1.29, 1.82) is 0 Å². The Morgan fingerprint density at radius 3 is 2.56 bits per heavy atom. The molecule has 0 aliphatic carbocycles. The van der Waals surface area contributed by atoms with Gasteiger partial charge in [-0.25, -0.2) is 0 Å². The Balaban J connectivity index is 1.54. The number of amides is 2. The molecule has 0 spiro atoms. The van der Waals surface area contributed by atoms with Crippen molar-refractivity contribution in [2.45, 2.75) is 32.6 Å². The summed E-state index contributed by atoms with van der Waals surface area (Å²) in [5.41, 5.74) is 4.07. The molecule has 0 fully saturated rings. The largest absolute Gasteiger partial charge is 0.326 e. The van der Waals surface area contributed by atoms with Crippen LogP contribution in [0.1, 0.15) is 41.3 Å². The van der Waals surface area contributed by atoms with Crippen LogP contribution in [0.5, 0.6) is 0 Å². The van der Waals surface area contributed by atoms with Gasteiger partial charge in [0, 0.05) is 29.8 Å². The quantitative estimate of drug-likeness (QED) is 0.794. The van der Waals surface area contributed by atoms with Crippen molar-refractivity contribution < 1.29 is 14.4 Å². The predicted octanol–water partition coefficient (Wildman–Crippen LogP) is 3.35. The molecule has 3 rings (SSSR count). The van der Waals surface area contributed by atoms with Gasteiger partial charge in [-0.15, -0.1) is 0 Å². The summed E-state index contributed by atoms with van der Waals surface area (Å²) < 4.78 is 0. The molecule has 1 heterocycles. The number of Topliss-reactive ketones (excluding diaryl/α,β-unsaturated/α-hetero) is 1. The molecule has 2 amide bonds. The second kappa shape index (κ2) is 7.30. The number of carbonyl (C=O) groups is 3. The number of benzene rings is 2. The van der Waals surface area contributed by atoms with Crippen LogP contribution in [-0.2, 0) is 22.4 Å². The van der Waals surface area contributed by atoms with Crippen LogP contribution < -0.4 is 10.6 Å². The third-order valence-electron chi connectivity index (χ3n) is 4.28. The van der Waals surface area contributed by atoms with E-state index in [0.717, 1.165) is 23.4 Å². The van der Waals surface area contributed by atoms with Crippen molar-refractivity contribution in [1.82, 2.24) is 0 Å². The molecular formula is C20H20N2O3. The highest BCUT2D eigenvalue weighted by Crippen LogP contribution is 2.24. The molecule has 2 aromatic carbocycles. The number of carbonyl (C=O) groups excluding carboxylic acids is 3. The number of fused-ring (bicyclic) bond motifs is 1. The van der Waals surface area contributed by atoms with Crippen LogP contribution >= 0.6 is 0 Å². The number of hydrogen-bond donors (Lipinski definition) is 2. The van der Waals surface area contributed by atoms with Crippen LogP contribution in [-0.4, -0.2) is 17.6 Å². The van der Waals surface area contributed by atoms with E-state index >= 15 is 0 Å². The molecule has 1 aliphatic rings. The lowest BCUT2D eigenvalue weighted by Gasteiger charge is -2.07. The fourth-order valence-electron chi connectivity index (χ4n) is 2.82. The number of anilines is 2. The summed E-state index contributed by atoms with van der Waals surface area (Å²) in [7, 11) is 0. The summed E-state index contributed by atoms with van der Waals surface area (Å²) in [4.78, 5) is 35.7. The zero-order chi connectivity index (χ0) is 17.8. The molecule has 25 heavy (non-hydrogen) atoms. The maximum atomic E-state index is 12.3. The first kappa shape index (κ1) is 16.9. The first-order chi connectivity index (χ1) is 12.0. The van der Waals surface area contributed by atoms with Crippen LogP contribution in [0.15, 0.2) is 42.5 Å². The third kappa shape index (κ3) is 4.12. The van der Waals surface area contributed by atoms with Gasteiger partial charge in [0.1, 0.15) is 0 Å². The van der Waals surface area contributed by atoms with Gasteiger partial charge in [-0.2, -0.15) is 0 Å². The molecule has 0 radical (unpaired) electrons. The highest BCUT2D eigenvalue weighted by Gasteiger charge is 2.19. The Morgan fingerprint density at radius 1 is 1.08 bits per heavy atom. The van der Waals surface area contributed by atoms with Crippen LogP contribution in [0.25, 0.3) is 0 Å². The molecule has 2 N–H and O–H groups in total. The van der Waals surface area contributed by atoms with Gasteiger partial charge in [0.15, 0.2) is 5.78 Å². The number of aryl methyl sites for hydroxylation is 1. The maximum Gasteiger partial charge on any atom is 0.228 e. The van der Waals surface area contributed by atoms with E-state index in [-0.39, 0.29) is 30.4 Å². The van der Waals surface area contributed by atoms with E-state index in [4.69, 9.17) is 0 Å². The molecule has 0 saturated carbocycles. The molecule has 0 aromatic heterocycles. The Bertz CT molecular complexity index is 825. The van der Waals surface area contributed by atoms with Gasteiger partial charge in [-0.3, -0.25) is 14.4 Å². The van der Waals surface area contributed by atoms with Gasteiger partial charge in [-0.05, 0) is 47.9 Å². The van der Waals surface area contributed by atoms with Crippen molar-refractivity contribution in [3.8, 4) is 0 Å². The van der Waals surface area contributed by atoms with Gasteiger partial charge in [-0.1, -0.05) is 19.1 Å². The van der Waals surface area contributed by atoms with E-state index in [2.05, 4.69) is 17.6 Å². The molecule has 0 bridgehead atoms. The SMILES string of the molecule is CCc1ccc(NC(=O)CCC(=O)c2ccc3c(c2)CC(=O)N3)cc1. The minimum absolute atomic E-state index is 0.0620. The van der Waals surface area contributed by atoms with Gasteiger partial charge in [0.2, 0.25) is 11.8 Å². The van der Waals surface area contributed by atoms with Gasteiger partial charge >= 0.3 is 0 Å². The summed E-state index contributed by atoms with van der Waals surface area (Å²) >= 11 is 0. The van der Waals surface area contributed by atoms with Gasteiger partial charge < -0.3 is 10.6 Å². The highest BCUT2D eigenvalue weighted by atomic mass is 16.2. The Labute approximate surface area is 146 Å². The number of ketones is 1. The zero-order valence-electron chi connectivity index (χ0n) is 14.1. The lowest BCUT2D eigenvalue weighted by Crippen LogP contribution is -2.13. The van der Waals surface area contributed by atoms with E-state index in [9.17, 15) is 14.4 Å². The molecule has 1 aliphatic heterocycles. The Kier molecular flexibility index (Phi) is 4.93. The highest BCUT2D eigenvalue weighted by molar-refractivity contribution is 6.03. The van der Waals surface area contributed by atoms with Crippen LogP contribution in [0.4, 0.5) is 11.4 Å². The molecule has 5 heteroatoms. The number of rotatable bonds is 6. The lowest BCUT2D eigenvalue weighted by atomic mass is 10.0. The second-order valence-electron chi connectivity index (χ2n) is 6.12. The first-order valence-corrected chi connectivity index (χ1v) is 8.40. The lowest BCUT2D eigenvalue weighted by molar-refractivity contribution is -0.116. The van der Waals surface area contributed by atoms with Gasteiger partial charge in [0.25, 0.3) is 0 Å². The molecule has 0 atom stereocenters. The summed E-state index contributed by atoms with van der Waals surface area (Å²) in [6, 6.07) is 12.8. The predicted molar refractivity (Wildman–Crippen MR) is 96.8 cm³/mol. The Morgan fingerprint density at radius 2 is 1.84 bits per heavy atom. The number of hydrogen-bond acceptors (Lipinski definition) is 3. The Hall–Kier alpha value is -2.95. The number of nitrogens with one attached hydrogen (secondary N) is 2. The monoisotopic (exact) mass is 336 g/mol. The van der Waals surface area contributed by atoms with E-state index in [0.29, 0.717) is 12.0 Å². The van der Waals surface area contributed by atoms with E-state index in [1.807, 2.05) is 24.3 Å². The summed E-state index contributed by atoms with van der Waals surface area (Å²) in [5.74, 6) is -0.345. The van der Waals surface area contributed by atoms with E-state index in [1.165, 1.54) is 5.56 Å². The maximum absolute atomic E-state index is 12.3. The van der Waals surface area contributed by atoms with Crippen molar-refractivity contribution >= 4 is 29.0 Å². The fraction of sp³-hybridized carbons (Fsp3) is 0.250. The molecule has 2 aromatic rings. The minimum Gasteiger partial charge on any atom is -0.326 e. The van der Waals surface area contributed by atoms with Crippen LogP contribution in [0, 0.1) is 0 Å². The van der Waals surface area contributed by atoms with Gasteiger partial charge in [0.05, 0.1) is 6.42 Å². The standard InChI is InChI=1S/C20H20N2O3/c1-2-13-3-6-16(7-4-13)21-19(24)10-9-18(23)14-5-8-17-15(11-14)12-20(25)22-17/h3-8,11H,2,9-10,12H2,1H3,(H,21,24)(H,22,25). The van der Waals surface area contributed by atoms with E-state index < -0.39 is 0 Å². The fourth-order valence-corrected chi connectivity index (χ4v) is 2.82.